The van der Waals surface area contributed by atoms with E-state index in [1.165, 1.54) is 38.5 Å². The number of nitrogens with zero attached hydrogens (tertiary/aromatic N) is 2. The minimum atomic E-state index is -0.797. The van der Waals surface area contributed by atoms with Gasteiger partial charge >= 0.3 is 5.97 Å². The van der Waals surface area contributed by atoms with E-state index in [0.717, 1.165) is 0 Å². The molecular weight excluding hydrogens is 311 g/mol. The molecule has 0 aliphatic rings. The standard InChI is InChI=1S/C15H10ClFN2O3/c1-21-11-6-5-10(16)13(17)12(11)14-9(15(20)22-2)4-3-8(7-18)19-14/h3-6H,1-2H3. The van der Waals surface area contributed by atoms with E-state index in [2.05, 4.69) is 9.72 Å². The van der Waals surface area contributed by atoms with Crippen LogP contribution in [0.2, 0.25) is 5.02 Å². The van der Waals surface area contributed by atoms with Crippen LogP contribution < -0.4 is 4.74 Å². The minimum Gasteiger partial charge on any atom is -0.496 e. The maximum atomic E-state index is 14.4. The number of pyridine rings is 1. The van der Waals surface area contributed by atoms with E-state index in [4.69, 9.17) is 21.6 Å². The Bertz CT molecular complexity index is 787. The average molecular weight is 321 g/mol. The van der Waals surface area contributed by atoms with Crippen molar-refractivity contribution in [2.45, 2.75) is 0 Å². The van der Waals surface area contributed by atoms with E-state index in [-0.39, 0.29) is 33.3 Å². The van der Waals surface area contributed by atoms with Gasteiger partial charge in [-0.15, -0.1) is 0 Å². The molecule has 0 N–H and O–H groups in total. The number of ether oxygens (including phenoxy) is 2. The third kappa shape index (κ3) is 2.71. The first-order valence-corrected chi connectivity index (χ1v) is 6.43. The quantitative estimate of drug-likeness (QED) is 0.812. The Hall–Kier alpha value is -2.65. The lowest BCUT2D eigenvalue weighted by Gasteiger charge is -2.13. The smallest absolute Gasteiger partial charge is 0.340 e. The molecule has 5 nitrogen and oxygen atoms in total. The van der Waals surface area contributed by atoms with Gasteiger partial charge in [0.1, 0.15) is 17.5 Å². The number of hydrogen-bond donors (Lipinski definition) is 0. The highest BCUT2D eigenvalue weighted by atomic mass is 35.5. The molecule has 0 saturated heterocycles. The lowest BCUT2D eigenvalue weighted by atomic mass is 10.0. The topological polar surface area (TPSA) is 72.2 Å². The normalized spacial score (nSPS) is 9.95. The van der Waals surface area contributed by atoms with Gasteiger partial charge in [0.2, 0.25) is 0 Å². The molecule has 0 aliphatic carbocycles. The van der Waals surface area contributed by atoms with E-state index < -0.39 is 11.8 Å². The molecule has 0 bridgehead atoms. The number of esters is 1. The summed E-state index contributed by atoms with van der Waals surface area (Å²) in [4.78, 5) is 15.9. The highest BCUT2D eigenvalue weighted by Gasteiger charge is 2.23. The van der Waals surface area contributed by atoms with E-state index in [1.807, 2.05) is 6.07 Å². The summed E-state index contributed by atoms with van der Waals surface area (Å²) >= 11 is 5.79. The van der Waals surface area contributed by atoms with Gasteiger partial charge < -0.3 is 9.47 Å². The second-order valence-electron chi connectivity index (χ2n) is 4.13. The zero-order valence-electron chi connectivity index (χ0n) is 11.7. The fourth-order valence-electron chi connectivity index (χ4n) is 1.91. The predicted molar refractivity (Wildman–Crippen MR) is 77.2 cm³/mol. The fraction of sp³-hybridized carbons (Fsp3) is 0.133. The molecule has 1 aromatic heterocycles. The van der Waals surface area contributed by atoms with Gasteiger partial charge in [-0.25, -0.2) is 14.2 Å². The molecular formula is C15H10ClFN2O3. The van der Waals surface area contributed by atoms with Gasteiger partial charge in [0.05, 0.1) is 36.1 Å². The molecule has 0 fully saturated rings. The van der Waals surface area contributed by atoms with Crippen LogP contribution in [0.5, 0.6) is 5.75 Å². The Morgan fingerprint density at radius 2 is 2.05 bits per heavy atom. The van der Waals surface area contributed by atoms with E-state index in [0.29, 0.717) is 0 Å². The number of carbonyl (C=O) groups is 1. The number of benzene rings is 1. The molecule has 22 heavy (non-hydrogen) atoms. The number of methoxy groups -OCH3 is 2. The molecule has 0 spiro atoms. The van der Waals surface area contributed by atoms with Crippen LogP contribution in [0.1, 0.15) is 16.1 Å². The number of rotatable bonds is 3. The summed E-state index contributed by atoms with van der Waals surface area (Å²) in [5.41, 5.74) is -0.153. The van der Waals surface area contributed by atoms with Gasteiger partial charge in [-0.1, -0.05) is 11.6 Å². The van der Waals surface area contributed by atoms with Crippen molar-refractivity contribution >= 4 is 17.6 Å². The molecule has 0 atom stereocenters. The van der Waals surface area contributed by atoms with Crippen LogP contribution in [0.4, 0.5) is 4.39 Å². The Labute approximate surface area is 130 Å². The molecule has 2 rings (SSSR count). The summed E-state index contributed by atoms with van der Waals surface area (Å²) in [5, 5.41) is 8.81. The number of aromatic nitrogens is 1. The SMILES string of the molecule is COC(=O)c1ccc(C#N)nc1-c1c(OC)ccc(Cl)c1F. The Morgan fingerprint density at radius 1 is 1.32 bits per heavy atom. The zero-order chi connectivity index (χ0) is 16.3. The summed E-state index contributed by atoms with van der Waals surface area (Å²) in [6.45, 7) is 0. The molecule has 112 valence electrons. The number of nitriles is 1. The number of halogens is 2. The van der Waals surface area contributed by atoms with Crippen molar-refractivity contribution in [1.82, 2.24) is 4.98 Å². The molecule has 0 saturated carbocycles. The average Bonchev–Trinajstić information content (AvgIpc) is 2.55. The van der Waals surface area contributed by atoms with Crippen molar-refractivity contribution < 1.29 is 18.7 Å². The molecule has 7 heteroatoms. The first kappa shape index (κ1) is 15.7. The van der Waals surface area contributed by atoms with Crippen molar-refractivity contribution in [3.05, 3.63) is 46.4 Å². The van der Waals surface area contributed by atoms with Crippen LogP contribution in [0.25, 0.3) is 11.3 Å². The van der Waals surface area contributed by atoms with Crippen LogP contribution in [-0.2, 0) is 4.74 Å². The second kappa shape index (κ2) is 6.41. The lowest BCUT2D eigenvalue weighted by molar-refractivity contribution is 0.0601. The monoisotopic (exact) mass is 320 g/mol. The van der Waals surface area contributed by atoms with Crippen LogP contribution in [-0.4, -0.2) is 25.2 Å². The first-order chi connectivity index (χ1) is 10.5. The van der Waals surface area contributed by atoms with Gasteiger partial charge in [-0.2, -0.15) is 5.26 Å². The van der Waals surface area contributed by atoms with Gasteiger partial charge in [-0.3, -0.25) is 0 Å². The van der Waals surface area contributed by atoms with E-state index >= 15 is 0 Å². The molecule has 1 aromatic carbocycles. The Balaban J connectivity index is 2.84. The molecule has 2 aromatic rings. The minimum absolute atomic E-state index is 0.000895. The molecule has 0 unspecified atom stereocenters. The summed E-state index contributed by atoms with van der Waals surface area (Å²) in [6, 6.07) is 7.28. The Morgan fingerprint density at radius 3 is 2.64 bits per heavy atom. The highest BCUT2D eigenvalue weighted by molar-refractivity contribution is 6.31. The van der Waals surface area contributed by atoms with Crippen molar-refractivity contribution in [3.8, 4) is 23.1 Å². The zero-order valence-corrected chi connectivity index (χ0v) is 12.4. The van der Waals surface area contributed by atoms with Crippen LogP contribution in [0.3, 0.4) is 0 Å². The maximum Gasteiger partial charge on any atom is 0.340 e. The van der Waals surface area contributed by atoms with Crippen LogP contribution >= 0.6 is 11.6 Å². The summed E-state index contributed by atoms with van der Waals surface area (Å²) in [7, 11) is 2.54. The predicted octanol–water partition coefficient (Wildman–Crippen LogP) is 3.21. The molecule has 0 radical (unpaired) electrons. The largest absolute Gasteiger partial charge is 0.496 e. The fourth-order valence-corrected chi connectivity index (χ4v) is 2.07. The summed E-state index contributed by atoms with van der Waals surface area (Å²) in [6.07, 6.45) is 0. The van der Waals surface area contributed by atoms with Gasteiger partial charge in [0.25, 0.3) is 0 Å². The van der Waals surface area contributed by atoms with Crippen LogP contribution in [0.15, 0.2) is 24.3 Å². The van der Waals surface area contributed by atoms with E-state index in [1.54, 1.807) is 0 Å². The third-order valence-electron chi connectivity index (χ3n) is 2.93. The second-order valence-corrected chi connectivity index (χ2v) is 4.54. The van der Waals surface area contributed by atoms with Gasteiger partial charge in [-0.05, 0) is 24.3 Å². The maximum absolute atomic E-state index is 14.4. The van der Waals surface area contributed by atoms with Gasteiger partial charge in [0, 0.05) is 0 Å². The van der Waals surface area contributed by atoms with Crippen molar-refractivity contribution in [2.75, 3.05) is 14.2 Å². The summed E-state index contributed by atoms with van der Waals surface area (Å²) < 4.78 is 24.2. The third-order valence-corrected chi connectivity index (χ3v) is 3.22. The van der Waals surface area contributed by atoms with Crippen molar-refractivity contribution in [3.63, 3.8) is 0 Å². The van der Waals surface area contributed by atoms with Crippen molar-refractivity contribution in [1.29, 1.82) is 5.26 Å². The number of carbonyl (C=O) groups excluding carboxylic acids is 1. The molecule has 1 heterocycles. The van der Waals surface area contributed by atoms with Crippen molar-refractivity contribution in [2.24, 2.45) is 0 Å². The first-order valence-electron chi connectivity index (χ1n) is 6.05. The Kier molecular flexibility index (Phi) is 4.59. The highest BCUT2D eigenvalue weighted by Crippen LogP contribution is 2.37. The summed E-state index contributed by atoms with van der Waals surface area (Å²) in [5.74, 6) is -1.38. The lowest BCUT2D eigenvalue weighted by Crippen LogP contribution is -2.07. The molecule has 0 amide bonds. The number of hydrogen-bond acceptors (Lipinski definition) is 5. The van der Waals surface area contributed by atoms with E-state index in [9.17, 15) is 9.18 Å². The van der Waals surface area contributed by atoms with Gasteiger partial charge in [0.15, 0.2) is 5.82 Å². The van der Waals surface area contributed by atoms with Crippen LogP contribution in [0, 0.1) is 17.1 Å². The molecule has 0 aliphatic heterocycles.